The summed E-state index contributed by atoms with van der Waals surface area (Å²) in [5.74, 6) is 0.654. The van der Waals surface area contributed by atoms with E-state index in [1.165, 1.54) is 0 Å². The lowest BCUT2D eigenvalue weighted by molar-refractivity contribution is 0.475. The number of benzene rings is 2. The van der Waals surface area contributed by atoms with E-state index in [0.29, 0.717) is 22.0 Å². The van der Waals surface area contributed by atoms with Crippen molar-refractivity contribution in [3.8, 4) is 17.2 Å². The van der Waals surface area contributed by atoms with Gasteiger partial charge in [-0.25, -0.2) is 4.98 Å². The average molecular weight is 246 g/mol. The number of fused-ring (bicyclic) bond motifs is 1. The Bertz CT molecular complexity index is 691. The molecule has 84 valence electrons. The van der Waals surface area contributed by atoms with Crippen LogP contribution in [0.3, 0.4) is 0 Å². The molecule has 1 N–H and O–H groups in total. The smallest absolute Gasteiger partial charge is 0.227 e. The van der Waals surface area contributed by atoms with Crippen LogP contribution in [0.2, 0.25) is 5.02 Å². The van der Waals surface area contributed by atoms with Crippen LogP contribution in [0.15, 0.2) is 46.9 Å². The van der Waals surface area contributed by atoms with Crippen LogP contribution in [0.1, 0.15) is 0 Å². The summed E-state index contributed by atoms with van der Waals surface area (Å²) in [6.45, 7) is 0. The minimum absolute atomic E-state index is 0.183. The molecule has 4 heteroatoms. The van der Waals surface area contributed by atoms with Crippen molar-refractivity contribution in [3.05, 3.63) is 47.5 Å². The SMILES string of the molecule is Oc1cccc(-c2nc3cc(Cl)ccc3o2)c1. The van der Waals surface area contributed by atoms with Gasteiger partial charge in [0.15, 0.2) is 5.58 Å². The van der Waals surface area contributed by atoms with Crippen LogP contribution in [-0.4, -0.2) is 10.1 Å². The predicted molar refractivity (Wildman–Crippen MR) is 66.1 cm³/mol. The van der Waals surface area contributed by atoms with Crippen molar-refractivity contribution in [2.45, 2.75) is 0 Å². The second kappa shape index (κ2) is 3.79. The topological polar surface area (TPSA) is 46.3 Å². The monoisotopic (exact) mass is 245 g/mol. The third-order valence-corrected chi connectivity index (χ3v) is 2.68. The molecule has 0 amide bonds. The number of halogens is 1. The number of hydrogen-bond acceptors (Lipinski definition) is 3. The van der Waals surface area contributed by atoms with Crippen LogP contribution < -0.4 is 0 Å². The van der Waals surface area contributed by atoms with Crippen molar-refractivity contribution in [1.82, 2.24) is 4.98 Å². The zero-order valence-electron chi connectivity index (χ0n) is 8.72. The summed E-state index contributed by atoms with van der Waals surface area (Å²) in [5, 5.41) is 10.0. The van der Waals surface area contributed by atoms with Gasteiger partial charge in [-0.15, -0.1) is 0 Å². The van der Waals surface area contributed by atoms with Crippen molar-refractivity contribution in [1.29, 1.82) is 0 Å². The maximum absolute atomic E-state index is 9.40. The molecule has 0 spiro atoms. The summed E-state index contributed by atoms with van der Waals surface area (Å²) in [4.78, 5) is 4.32. The Hall–Kier alpha value is -2.00. The minimum Gasteiger partial charge on any atom is -0.508 e. The number of aromatic hydroxyl groups is 1. The zero-order chi connectivity index (χ0) is 11.8. The normalized spacial score (nSPS) is 10.9. The van der Waals surface area contributed by atoms with E-state index in [0.717, 1.165) is 5.56 Å². The molecule has 0 fully saturated rings. The van der Waals surface area contributed by atoms with Gasteiger partial charge in [-0.3, -0.25) is 0 Å². The van der Waals surface area contributed by atoms with Gasteiger partial charge in [-0.05, 0) is 36.4 Å². The van der Waals surface area contributed by atoms with E-state index in [9.17, 15) is 5.11 Å². The fraction of sp³-hybridized carbons (Fsp3) is 0. The summed E-state index contributed by atoms with van der Waals surface area (Å²) in [6, 6.07) is 12.0. The van der Waals surface area contributed by atoms with Crippen LogP contribution >= 0.6 is 11.6 Å². The van der Waals surface area contributed by atoms with Crippen LogP contribution in [0.5, 0.6) is 5.75 Å². The van der Waals surface area contributed by atoms with Gasteiger partial charge in [0.05, 0.1) is 0 Å². The highest BCUT2D eigenvalue weighted by molar-refractivity contribution is 6.31. The van der Waals surface area contributed by atoms with Gasteiger partial charge in [-0.2, -0.15) is 0 Å². The van der Waals surface area contributed by atoms with Gasteiger partial charge in [-0.1, -0.05) is 17.7 Å². The second-order valence-electron chi connectivity index (χ2n) is 3.68. The first kappa shape index (κ1) is 10.2. The number of nitrogens with zero attached hydrogens (tertiary/aromatic N) is 1. The average Bonchev–Trinajstić information content (AvgIpc) is 2.72. The largest absolute Gasteiger partial charge is 0.508 e. The summed E-state index contributed by atoms with van der Waals surface area (Å²) >= 11 is 5.88. The fourth-order valence-corrected chi connectivity index (χ4v) is 1.83. The molecule has 0 unspecified atom stereocenters. The molecule has 0 saturated heterocycles. The van der Waals surface area contributed by atoms with Crippen molar-refractivity contribution in [3.63, 3.8) is 0 Å². The van der Waals surface area contributed by atoms with E-state index in [1.807, 2.05) is 6.07 Å². The minimum atomic E-state index is 0.183. The lowest BCUT2D eigenvalue weighted by Crippen LogP contribution is -1.76. The number of phenols is 1. The molecule has 0 radical (unpaired) electrons. The van der Waals surface area contributed by atoms with E-state index in [1.54, 1.807) is 36.4 Å². The number of phenolic OH excluding ortho intramolecular Hbond substituents is 1. The van der Waals surface area contributed by atoms with Gasteiger partial charge < -0.3 is 9.52 Å². The summed E-state index contributed by atoms with van der Waals surface area (Å²) in [5.41, 5.74) is 2.11. The highest BCUT2D eigenvalue weighted by atomic mass is 35.5. The van der Waals surface area contributed by atoms with Gasteiger partial charge in [0.2, 0.25) is 5.89 Å². The third-order valence-electron chi connectivity index (χ3n) is 2.44. The predicted octanol–water partition coefficient (Wildman–Crippen LogP) is 3.85. The van der Waals surface area contributed by atoms with Crippen LogP contribution in [0.25, 0.3) is 22.6 Å². The first-order chi connectivity index (χ1) is 8.22. The molecular formula is C13H8ClNO2. The van der Waals surface area contributed by atoms with Crippen LogP contribution in [-0.2, 0) is 0 Å². The first-order valence-electron chi connectivity index (χ1n) is 5.08. The van der Waals surface area contributed by atoms with Crippen molar-refractivity contribution < 1.29 is 9.52 Å². The summed E-state index contributed by atoms with van der Waals surface area (Å²) in [7, 11) is 0. The molecule has 17 heavy (non-hydrogen) atoms. The lowest BCUT2D eigenvalue weighted by Gasteiger charge is -1.95. The van der Waals surface area contributed by atoms with Crippen LogP contribution in [0, 0.1) is 0 Å². The molecule has 3 nitrogen and oxygen atoms in total. The Labute approximate surface area is 102 Å². The zero-order valence-corrected chi connectivity index (χ0v) is 9.48. The molecule has 0 atom stereocenters. The third kappa shape index (κ3) is 1.85. The van der Waals surface area contributed by atoms with Crippen LogP contribution in [0.4, 0.5) is 0 Å². The molecule has 3 rings (SSSR count). The van der Waals surface area contributed by atoms with E-state index in [4.69, 9.17) is 16.0 Å². The van der Waals surface area contributed by atoms with Gasteiger partial charge in [0.1, 0.15) is 11.3 Å². The molecule has 0 aliphatic carbocycles. The Morgan fingerprint density at radius 1 is 1.12 bits per heavy atom. The number of aromatic nitrogens is 1. The lowest BCUT2D eigenvalue weighted by atomic mass is 10.2. The molecule has 3 aromatic rings. The molecule has 0 bridgehead atoms. The van der Waals surface area contributed by atoms with Crippen molar-refractivity contribution >= 4 is 22.7 Å². The van der Waals surface area contributed by atoms with Crippen molar-refractivity contribution in [2.24, 2.45) is 0 Å². The Kier molecular flexibility index (Phi) is 2.27. The van der Waals surface area contributed by atoms with Crippen molar-refractivity contribution in [2.75, 3.05) is 0 Å². The van der Waals surface area contributed by atoms with E-state index < -0.39 is 0 Å². The van der Waals surface area contributed by atoms with E-state index in [-0.39, 0.29) is 5.75 Å². The fourth-order valence-electron chi connectivity index (χ4n) is 1.66. The highest BCUT2D eigenvalue weighted by Crippen LogP contribution is 2.27. The molecule has 1 aromatic heterocycles. The highest BCUT2D eigenvalue weighted by Gasteiger charge is 2.08. The van der Waals surface area contributed by atoms with E-state index >= 15 is 0 Å². The van der Waals surface area contributed by atoms with Gasteiger partial charge in [0.25, 0.3) is 0 Å². The molecule has 2 aromatic carbocycles. The molecule has 1 heterocycles. The molecule has 0 aliphatic rings. The summed E-state index contributed by atoms with van der Waals surface area (Å²) in [6.07, 6.45) is 0. The standard InChI is InChI=1S/C13H8ClNO2/c14-9-4-5-12-11(7-9)15-13(17-12)8-2-1-3-10(16)6-8/h1-7,16H. The van der Waals surface area contributed by atoms with Gasteiger partial charge >= 0.3 is 0 Å². The Morgan fingerprint density at radius 2 is 2.00 bits per heavy atom. The van der Waals surface area contributed by atoms with E-state index in [2.05, 4.69) is 4.98 Å². The maximum atomic E-state index is 9.40. The van der Waals surface area contributed by atoms with Gasteiger partial charge in [0, 0.05) is 10.6 Å². The first-order valence-corrected chi connectivity index (χ1v) is 5.46. The number of hydrogen-bond donors (Lipinski definition) is 1. The summed E-state index contributed by atoms with van der Waals surface area (Å²) < 4.78 is 5.58. The number of oxazole rings is 1. The quantitative estimate of drug-likeness (QED) is 0.708. The Balaban J connectivity index is 2.18. The Morgan fingerprint density at radius 3 is 2.82 bits per heavy atom. The maximum Gasteiger partial charge on any atom is 0.227 e. The number of rotatable bonds is 1. The molecule has 0 saturated carbocycles. The second-order valence-corrected chi connectivity index (χ2v) is 4.12. The molecular weight excluding hydrogens is 238 g/mol. The molecule has 0 aliphatic heterocycles.